The van der Waals surface area contributed by atoms with Gasteiger partial charge in [0.15, 0.2) is 0 Å². The minimum atomic E-state index is -0.736. The van der Waals surface area contributed by atoms with Gasteiger partial charge in [-0.05, 0) is 39.7 Å². The first-order valence-corrected chi connectivity index (χ1v) is 6.89. The Morgan fingerprint density at radius 2 is 2.21 bits per heavy atom. The molecule has 0 aliphatic heterocycles. The monoisotopic (exact) mass is 341 g/mol. The van der Waals surface area contributed by atoms with Crippen molar-refractivity contribution >= 4 is 27.5 Å². The first kappa shape index (κ1) is 14.3. The molecule has 0 bridgehead atoms. The Hall–Kier alpha value is -1.10. The number of pyridine rings is 1. The smallest absolute Gasteiger partial charge is 0.126 e. The largest absolute Gasteiger partial charge is 0.496 e. The summed E-state index contributed by atoms with van der Waals surface area (Å²) >= 11 is 9.49. The number of hydrogen-bond acceptors (Lipinski definition) is 3. The van der Waals surface area contributed by atoms with Crippen molar-refractivity contribution in [1.82, 2.24) is 4.98 Å². The minimum Gasteiger partial charge on any atom is -0.496 e. The molecule has 0 fully saturated rings. The molecule has 1 unspecified atom stereocenters. The zero-order valence-electron chi connectivity index (χ0n) is 10.3. The van der Waals surface area contributed by atoms with Crippen LogP contribution in [0.15, 0.2) is 41.1 Å². The van der Waals surface area contributed by atoms with Gasteiger partial charge in [-0.1, -0.05) is 17.7 Å². The zero-order valence-corrected chi connectivity index (χ0v) is 12.6. The van der Waals surface area contributed by atoms with E-state index in [1.165, 1.54) is 0 Å². The number of aromatic nitrogens is 1. The number of aliphatic hydroxyl groups is 1. The van der Waals surface area contributed by atoms with Gasteiger partial charge in [-0.3, -0.25) is 4.98 Å². The highest BCUT2D eigenvalue weighted by Crippen LogP contribution is 2.33. The molecule has 0 saturated carbocycles. The lowest BCUT2D eigenvalue weighted by Gasteiger charge is -2.16. The number of nitrogens with zero attached hydrogens (tertiary/aromatic N) is 1. The molecule has 1 heterocycles. The summed E-state index contributed by atoms with van der Waals surface area (Å²) < 4.78 is 6.12. The summed E-state index contributed by atoms with van der Waals surface area (Å²) in [5.41, 5.74) is 1.52. The number of ether oxygens (including phenoxy) is 1. The molecule has 3 nitrogen and oxygen atoms in total. The fourth-order valence-electron chi connectivity index (χ4n) is 1.91. The average molecular weight is 343 g/mol. The molecule has 1 aromatic heterocycles. The molecule has 1 aromatic carbocycles. The average Bonchev–Trinajstić information content (AvgIpc) is 2.38. The molecule has 0 aliphatic carbocycles. The van der Waals surface area contributed by atoms with Gasteiger partial charge >= 0.3 is 0 Å². The number of rotatable bonds is 4. The third-order valence-electron chi connectivity index (χ3n) is 2.76. The van der Waals surface area contributed by atoms with E-state index in [1.807, 2.05) is 6.07 Å². The molecule has 1 N–H and O–H groups in total. The van der Waals surface area contributed by atoms with E-state index in [1.54, 1.807) is 37.7 Å². The van der Waals surface area contributed by atoms with Crippen LogP contribution in [-0.2, 0) is 6.42 Å². The van der Waals surface area contributed by atoms with Crippen LogP contribution >= 0.6 is 27.5 Å². The van der Waals surface area contributed by atoms with Crippen LogP contribution in [0, 0.1) is 0 Å². The molecule has 19 heavy (non-hydrogen) atoms. The summed E-state index contributed by atoms with van der Waals surface area (Å²) in [6.45, 7) is 0. The van der Waals surface area contributed by atoms with Crippen molar-refractivity contribution in [2.45, 2.75) is 12.5 Å². The van der Waals surface area contributed by atoms with Gasteiger partial charge in [0, 0.05) is 28.9 Å². The highest BCUT2D eigenvalue weighted by molar-refractivity contribution is 9.10. The quantitative estimate of drug-likeness (QED) is 0.919. The van der Waals surface area contributed by atoms with E-state index in [-0.39, 0.29) is 0 Å². The van der Waals surface area contributed by atoms with Crippen molar-refractivity contribution in [3.8, 4) is 5.75 Å². The van der Waals surface area contributed by atoms with Crippen LogP contribution in [0.1, 0.15) is 17.2 Å². The number of aliphatic hydroxyl groups excluding tert-OH is 1. The van der Waals surface area contributed by atoms with Crippen LogP contribution in [0.25, 0.3) is 0 Å². The number of halogens is 2. The maximum Gasteiger partial charge on any atom is 0.126 e. The van der Waals surface area contributed by atoms with E-state index in [0.717, 1.165) is 10.0 Å². The van der Waals surface area contributed by atoms with Crippen molar-refractivity contribution in [3.05, 3.63) is 57.3 Å². The predicted octanol–water partition coefficient (Wildman–Crippen LogP) is 3.78. The lowest BCUT2D eigenvalue weighted by atomic mass is 10.0. The Bertz CT molecular complexity index is 577. The standard InChI is InChI=1S/C14H13BrClNO2/c1-19-13-4-2-3-11(16)14(13)12(18)6-9-5-10(15)8-17-7-9/h2-5,7-8,12,18H,6H2,1H3. The summed E-state index contributed by atoms with van der Waals surface area (Å²) in [5, 5.41) is 10.8. The van der Waals surface area contributed by atoms with Crippen LogP contribution in [0.5, 0.6) is 5.75 Å². The molecule has 100 valence electrons. The molecule has 0 aliphatic rings. The second kappa shape index (κ2) is 6.37. The Morgan fingerprint density at radius 3 is 2.89 bits per heavy atom. The maximum atomic E-state index is 10.4. The van der Waals surface area contributed by atoms with Gasteiger partial charge < -0.3 is 9.84 Å². The van der Waals surface area contributed by atoms with Gasteiger partial charge in [-0.2, -0.15) is 0 Å². The summed E-state index contributed by atoms with van der Waals surface area (Å²) in [5.74, 6) is 0.586. The highest BCUT2D eigenvalue weighted by Gasteiger charge is 2.17. The molecule has 5 heteroatoms. The fraction of sp³-hybridized carbons (Fsp3) is 0.214. The van der Waals surface area contributed by atoms with Gasteiger partial charge in [-0.15, -0.1) is 0 Å². The van der Waals surface area contributed by atoms with Crippen LogP contribution < -0.4 is 4.74 Å². The van der Waals surface area contributed by atoms with Crippen LogP contribution in [0.4, 0.5) is 0 Å². The second-order valence-corrected chi connectivity index (χ2v) is 5.41. The lowest BCUT2D eigenvalue weighted by molar-refractivity contribution is 0.174. The number of benzene rings is 1. The van der Waals surface area contributed by atoms with Crippen LogP contribution in [0.2, 0.25) is 5.02 Å². The van der Waals surface area contributed by atoms with Crippen molar-refractivity contribution in [1.29, 1.82) is 0 Å². The number of methoxy groups -OCH3 is 1. The molecule has 0 radical (unpaired) electrons. The molecule has 1 atom stereocenters. The molecule has 2 aromatic rings. The summed E-state index contributed by atoms with van der Waals surface area (Å²) in [6.07, 6.45) is 3.11. The van der Waals surface area contributed by atoms with Crippen molar-refractivity contribution in [2.75, 3.05) is 7.11 Å². The molecular weight excluding hydrogens is 330 g/mol. The molecule has 0 spiro atoms. The molecule has 0 saturated heterocycles. The van der Waals surface area contributed by atoms with Crippen molar-refractivity contribution in [3.63, 3.8) is 0 Å². The van der Waals surface area contributed by atoms with Gasteiger partial charge in [-0.25, -0.2) is 0 Å². The fourth-order valence-corrected chi connectivity index (χ4v) is 2.62. The van der Waals surface area contributed by atoms with Crippen LogP contribution in [-0.4, -0.2) is 17.2 Å². The molecule has 2 rings (SSSR count). The van der Waals surface area contributed by atoms with Crippen molar-refractivity contribution < 1.29 is 9.84 Å². The SMILES string of the molecule is COc1cccc(Cl)c1C(O)Cc1cncc(Br)c1. The predicted molar refractivity (Wildman–Crippen MR) is 78.6 cm³/mol. The second-order valence-electron chi connectivity index (χ2n) is 4.09. The third-order valence-corrected chi connectivity index (χ3v) is 3.52. The van der Waals surface area contributed by atoms with Crippen molar-refractivity contribution in [2.24, 2.45) is 0 Å². The Balaban J connectivity index is 2.27. The van der Waals surface area contributed by atoms with Gasteiger partial charge in [0.2, 0.25) is 0 Å². The zero-order chi connectivity index (χ0) is 13.8. The summed E-state index contributed by atoms with van der Waals surface area (Å²) in [4.78, 5) is 4.07. The Kier molecular flexibility index (Phi) is 4.80. The Labute approximate surface area is 125 Å². The van der Waals surface area contributed by atoms with Crippen LogP contribution in [0.3, 0.4) is 0 Å². The summed E-state index contributed by atoms with van der Waals surface area (Å²) in [6, 6.07) is 7.23. The third kappa shape index (κ3) is 3.47. The maximum absolute atomic E-state index is 10.4. The van der Waals surface area contributed by atoms with E-state index >= 15 is 0 Å². The van der Waals surface area contributed by atoms with Gasteiger partial charge in [0.05, 0.1) is 18.2 Å². The lowest BCUT2D eigenvalue weighted by Crippen LogP contribution is -2.05. The van der Waals surface area contributed by atoms with E-state index in [9.17, 15) is 5.11 Å². The highest BCUT2D eigenvalue weighted by atomic mass is 79.9. The van der Waals surface area contributed by atoms with E-state index < -0.39 is 6.10 Å². The molecule has 0 amide bonds. The Morgan fingerprint density at radius 1 is 1.42 bits per heavy atom. The van der Waals surface area contributed by atoms with E-state index in [2.05, 4.69) is 20.9 Å². The summed E-state index contributed by atoms with van der Waals surface area (Å²) in [7, 11) is 1.56. The first-order chi connectivity index (χ1) is 9.11. The normalized spacial score (nSPS) is 12.2. The topological polar surface area (TPSA) is 42.4 Å². The van der Waals surface area contributed by atoms with Gasteiger partial charge in [0.1, 0.15) is 5.75 Å². The first-order valence-electron chi connectivity index (χ1n) is 5.71. The van der Waals surface area contributed by atoms with Gasteiger partial charge in [0.25, 0.3) is 0 Å². The minimum absolute atomic E-state index is 0.423. The van der Waals surface area contributed by atoms with E-state index in [4.69, 9.17) is 16.3 Å². The number of hydrogen-bond donors (Lipinski definition) is 1. The molecular formula is C14H13BrClNO2. The van der Waals surface area contributed by atoms with E-state index in [0.29, 0.717) is 22.8 Å².